The number of ketones is 1. The first-order chi connectivity index (χ1) is 14.3. The number of halogens is 8. The van der Waals surface area contributed by atoms with E-state index in [1.165, 1.54) is 0 Å². The van der Waals surface area contributed by atoms with Gasteiger partial charge in [-0.2, -0.15) is 26.3 Å². The van der Waals surface area contributed by atoms with Gasteiger partial charge < -0.3 is 4.90 Å². The summed E-state index contributed by atoms with van der Waals surface area (Å²) in [6.07, 6.45) is -11.7. The summed E-state index contributed by atoms with van der Waals surface area (Å²) in [5.74, 6) is -3.47. The average Bonchev–Trinajstić information content (AvgIpc) is 2.96. The molecular weight excluding hydrogens is 436 g/mol. The third kappa shape index (κ3) is 3.79. The fraction of sp³-hybridized carbons (Fsp3) is 0.200. The summed E-state index contributed by atoms with van der Waals surface area (Å²) in [6.45, 7) is 0. The maximum absolute atomic E-state index is 13.9. The Bertz CT molecular complexity index is 1040. The van der Waals surface area contributed by atoms with Crippen molar-refractivity contribution in [1.29, 1.82) is 0 Å². The molecule has 0 aromatic heterocycles. The molecule has 0 aliphatic carbocycles. The summed E-state index contributed by atoms with van der Waals surface area (Å²) >= 11 is 0. The Morgan fingerprint density at radius 3 is 1.77 bits per heavy atom. The van der Waals surface area contributed by atoms with Crippen LogP contribution in [0.3, 0.4) is 0 Å². The van der Waals surface area contributed by atoms with Crippen LogP contribution in [0.4, 0.5) is 35.1 Å². The van der Waals surface area contributed by atoms with E-state index in [0.29, 0.717) is 4.90 Å². The number of allylic oxidation sites excluding steroid dienone is 1. The summed E-state index contributed by atoms with van der Waals surface area (Å²) in [6, 6.07) is 7.15. The molecule has 1 heterocycles. The number of carbonyl (C=O) groups is 1. The summed E-state index contributed by atoms with van der Waals surface area (Å²) in [5.41, 5.74) is -6.76. The first-order valence-corrected chi connectivity index (χ1v) is 8.53. The highest BCUT2D eigenvalue weighted by atomic mass is 19.4. The number of amidine groups is 1. The van der Waals surface area contributed by atoms with Crippen LogP contribution >= 0.6 is 0 Å². The van der Waals surface area contributed by atoms with Gasteiger partial charge in [-0.1, -0.05) is 0 Å². The lowest BCUT2D eigenvalue weighted by Gasteiger charge is -2.33. The number of aliphatic imine (C=N–C) groups is 1. The second-order valence-corrected chi connectivity index (χ2v) is 6.61. The Morgan fingerprint density at radius 2 is 1.32 bits per heavy atom. The van der Waals surface area contributed by atoms with Crippen molar-refractivity contribution in [2.45, 2.75) is 17.9 Å². The largest absolute Gasteiger partial charge is 0.428 e. The lowest BCUT2D eigenvalue weighted by molar-refractivity contribution is -0.282. The molecule has 1 aliphatic rings. The van der Waals surface area contributed by atoms with E-state index in [1.807, 2.05) is 0 Å². The zero-order valence-electron chi connectivity index (χ0n) is 15.5. The van der Waals surface area contributed by atoms with E-state index in [-0.39, 0.29) is 17.2 Å². The summed E-state index contributed by atoms with van der Waals surface area (Å²) < 4.78 is 109. The molecule has 0 amide bonds. The molecule has 0 unspecified atom stereocenters. The third-order valence-corrected chi connectivity index (χ3v) is 4.64. The minimum Gasteiger partial charge on any atom is -0.330 e. The van der Waals surface area contributed by atoms with Crippen LogP contribution in [-0.2, 0) is 0 Å². The number of benzene rings is 2. The number of carbonyl (C=O) groups excluding carboxylic acids is 1. The molecule has 0 spiro atoms. The average molecular weight is 448 g/mol. The van der Waals surface area contributed by atoms with Crippen molar-refractivity contribution in [3.63, 3.8) is 0 Å². The van der Waals surface area contributed by atoms with Crippen molar-refractivity contribution in [2.75, 3.05) is 7.05 Å². The molecule has 31 heavy (non-hydrogen) atoms. The van der Waals surface area contributed by atoms with Gasteiger partial charge in [0.05, 0.1) is 5.70 Å². The minimum atomic E-state index is -5.96. The zero-order valence-corrected chi connectivity index (χ0v) is 15.5. The smallest absolute Gasteiger partial charge is 0.330 e. The maximum Gasteiger partial charge on any atom is 0.428 e. The van der Waals surface area contributed by atoms with Gasteiger partial charge >= 0.3 is 12.4 Å². The molecule has 0 saturated heterocycles. The summed E-state index contributed by atoms with van der Waals surface area (Å²) in [7, 11) is 0.880. The van der Waals surface area contributed by atoms with Crippen molar-refractivity contribution >= 4 is 11.6 Å². The van der Waals surface area contributed by atoms with E-state index in [2.05, 4.69) is 4.99 Å². The van der Waals surface area contributed by atoms with Gasteiger partial charge in [-0.15, -0.1) is 0 Å². The van der Waals surface area contributed by atoms with Crippen LogP contribution in [0.15, 0.2) is 65.3 Å². The Kier molecular flexibility index (Phi) is 5.41. The van der Waals surface area contributed by atoms with Gasteiger partial charge in [0.2, 0.25) is 0 Å². The topological polar surface area (TPSA) is 32.7 Å². The fourth-order valence-electron chi connectivity index (χ4n) is 3.11. The molecule has 2 aromatic rings. The number of hydrogen-bond donors (Lipinski definition) is 0. The van der Waals surface area contributed by atoms with Crippen LogP contribution in [0.1, 0.15) is 15.9 Å². The Balaban J connectivity index is 2.23. The van der Waals surface area contributed by atoms with E-state index in [9.17, 15) is 39.9 Å². The highest BCUT2D eigenvalue weighted by molar-refractivity contribution is 6.07. The van der Waals surface area contributed by atoms with Crippen molar-refractivity contribution in [3.05, 3.63) is 83.1 Å². The standard InChI is InChI=1S/C20H12F8N2O/c1-30-16(10-15(31)11-2-6-13(21)7-3-11)18(19(23,24)25,20(26,27)28)29-17(30)12-4-8-14(22)9-5-12/h2-10H,1H3. The quantitative estimate of drug-likeness (QED) is 0.363. The number of hydrogen-bond acceptors (Lipinski definition) is 3. The Hall–Kier alpha value is -3.24. The maximum atomic E-state index is 13.9. The van der Waals surface area contributed by atoms with E-state index in [4.69, 9.17) is 0 Å². The highest BCUT2D eigenvalue weighted by Crippen LogP contribution is 2.54. The molecule has 2 aromatic carbocycles. The second-order valence-electron chi connectivity index (χ2n) is 6.61. The molecule has 1 aliphatic heterocycles. The van der Waals surface area contributed by atoms with Gasteiger partial charge in [-0.25, -0.2) is 13.8 Å². The van der Waals surface area contributed by atoms with Crippen molar-refractivity contribution in [2.24, 2.45) is 4.99 Å². The molecule has 0 bridgehead atoms. The molecule has 0 N–H and O–H groups in total. The number of nitrogens with zero attached hydrogens (tertiary/aromatic N) is 2. The third-order valence-electron chi connectivity index (χ3n) is 4.64. The van der Waals surface area contributed by atoms with Crippen molar-refractivity contribution in [1.82, 2.24) is 4.90 Å². The highest BCUT2D eigenvalue weighted by Gasteiger charge is 2.76. The van der Waals surface area contributed by atoms with Crippen LogP contribution < -0.4 is 0 Å². The Morgan fingerprint density at radius 1 is 0.871 bits per heavy atom. The van der Waals surface area contributed by atoms with Gasteiger partial charge in [-0.3, -0.25) is 4.79 Å². The molecular formula is C20H12F8N2O. The molecule has 3 nitrogen and oxygen atoms in total. The first kappa shape index (κ1) is 22.4. The normalized spacial score (nSPS) is 17.8. The van der Waals surface area contributed by atoms with Gasteiger partial charge in [0.1, 0.15) is 17.5 Å². The number of rotatable bonds is 3. The second kappa shape index (κ2) is 7.47. The van der Waals surface area contributed by atoms with Gasteiger partial charge in [0.15, 0.2) is 5.78 Å². The fourth-order valence-corrected chi connectivity index (χ4v) is 3.11. The SMILES string of the molecule is CN1C(=CC(=O)c2ccc(F)cc2)C(C(F)(F)F)(C(F)(F)F)N=C1c1ccc(F)cc1. The molecule has 11 heteroatoms. The minimum absolute atomic E-state index is 0.175. The van der Waals surface area contributed by atoms with E-state index in [1.54, 1.807) is 0 Å². The van der Waals surface area contributed by atoms with E-state index >= 15 is 0 Å². The predicted octanol–water partition coefficient (Wildman–Crippen LogP) is 5.29. The van der Waals surface area contributed by atoms with Gasteiger partial charge in [0.25, 0.3) is 5.54 Å². The summed E-state index contributed by atoms with van der Waals surface area (Å²) in [5, 5.41) is 0. The number of likely N-dealkylation sites (N-methyl/N-ethyl adjacent to an activating group) is 1. The van der Waals surface area contributed by atoms with Crippen LogP contribution in [0.25, 0.3) is 0 Å². The van der Waals surface area contributed by atoms with Crippen LogP contribution in [0.5, 0.6) is 0 Å². The lowest BCUT2D eigenvalue weighted by atomic mass is 9.92. The van der Waals surface area contributed by atoms with E-state index < -0.39 is 46.8 Å². The molecule has 0 radical (unpaired) electrons. The van der Waals surface area contributed by atoms with Crippen molar-refractivity contribution in [3.8, 4) is 0 Å². The van der Waals surface area contributed by atoms with Crippen LogP contribution in [-0.4, -0.2) is 41.5 Å². The van der Waals surface area contributed by atoms with Crippen LogP contribution in [0, 0.1) is 11.6 Å². The molecule has 164 valence electrons. The first-order valence-electron chi connectivity index (χ1n) is 8.53. The monoisotopic (exact) mass is 448 g/mol. The molecule has 0 saturated carbocycles. The van der Waals surface area contributed by atoms with Gasteiger partial charge in [0, 0.05) is 24.3 Å². The molecule has 0 fully saturated rings. The van der Waals surface area contributed by atoms with E-state index in [0.717, 1.165) is 55.6 Å². The molecule has 0 atom stereocenters. The predicted molar refractivity (Wildman–Crippen MR) is 94.4 cm³/mol. The molecule has 3 rings (SSSR count). The zero-order chi connectivity index (χ0) is 23.2. The van der Waals surface area contributed by atoms with Gasteiger partial charge in [-0.05, 0) is 48.5 Å². The Labute approximate surface area is 170 Å². The number of alkyl halides is 6. The van der Waals surface area contributed by atoms with Crippen LogP contribution in [0.2, 0.25) is 0 Å². The summed E-state index contributed by atoms with van der Waals surface area (Å²) in [4.78, 5) is 15.9. The lowest BCUT2D eigenvalue weighted by Crippen LogP contribution is -2.56. The van der Waals surface area contributed by atoms with Crippen molar-refractivity contribution < 1.29 is 39.9 Å².